The normalized spacial score (nSPS) is 29.7. The number of nitrogens with zero attached hydrogens (tertiary/aromatic N) is 1. The molecule has 1 saturated carbocycles. The Balaban J connectivity index is 1.55. The van der Waals surface area contributed by atoms with Crippen molar-refractivity contribution in [2.45, 2.75) is 24.5 Å². The van der Waals surface area contributed by atoms with Crippen molar-refractivity contribution in [3.63, 3.8) is 0 Å². The molecule has 0 radical (unpaired) electrons. The van der Waals surface area contributed by atoms with E-state index in [-0.39, 0.29) is 29.7 Å². The number of ketones is 2. The second-order valence-corrected chi connectivity index (χ2v) is 10.2. The van der Waals surface area contributed by atoms with Crippen molar-refractivity contribution >= 4 is 23.2 Å². The van der Waals surface area contributed by atoms with Crippen LogP contribution in [-0.2, 0) is 25.5 Å². The van der Waals surface area contributed by atoms with E-state index in [0.717, 1.165) is 11.3 Å². The number of carbonyl (C=O) groups excluding carboxylic acids is 3. The van der Waals surface area contributed by atoms with E-state index in [1.54, 1.807) is 17.2 Å². The van der Waals surface area contributed by atoms with E-state index < -0.39 is 58.0 Å². The second-order valence-electron chi connectivity index (χ2n) is 10.2. The van der Waals surface area contributed by atoms with Crippen molar-refractivity contribution in [3.8, 4) is 17.0 Å². The van der Waals surface area contributed by atoms with Crippen LogP contribution in [0.4, 0.5) is 0 Å². The summed E-state index contributed by atoms with van der Waals surface area (Å²) in [7, 11) is 0. The number of Topliss-reactive ketones (excluding diaryl/α,β-unsaturated/α-hetero) is 2. The van der Waals surface area contributed by atoms with Gasteiger partial charge in [0.05, 0.1) is 24.8 Å². The first-order chi connectivity index (χ1) is 18.2. The number of phenolic OH excluding ortho intramolecular Hbond substituents is 1. The van der Waals surface area contributed by atoms with Gasteiger partial charge in [-0.2, -0.15) is 0 Å². The van der Waals surface area contributed by atoms with Crippen molar-refractivity contribution in [2.24, 2.45) is 17.6 Å². The van der Waals surface area contributed by atoms with Crippen LogP contribution in [0, 0.1) is 11.8 Å². The van der Waals surface area contributed by atoms with E-state index in [1.807, 2.05) is 12.1 Å². The van der Waals surface area contributed by atoms with Crippen molar-refractivity contribution < 1.29 is 39.5 Å². The number of aromatic hydroxyl groups is 1. The van der Waals surface area contributed by atoms with Crippen molar-refractivity contribution in [1.82, 2.24) is 9.88 Å². The minimum absolute atomic E-state index is 0.0464. The average Bonchev–Trinajstić information content (AvgIpc) is 3.41. The first kappa shape index (κ1) is 24.4. The third kappa shape index (κ3) is 3.22. The standard InChI is InChI=1S/C27H27N3O8/c28-26(36)20-23(33)21(30-6-8-38-9-7-30)15-11-12-10-14-13(16-2-1-5-29-16)3-4-17(31)19(14)22(32)18(12)24(34)27(15,37)25(20)35/h1-5,12,15,21,29,31-32,35,37H,6-11H2,(H2,28,36)/t12-,15-,21-,27-/m0/s1. The molecule has 0 unspecified atom stereocenters. The monoisotopic (exact) mass is 521 g/mol. The molecule has 4 aliphatic rings. The van der Waals surface area contributed by atoms with Crippen LogP contribution in [0.15, 0.2) is 47.4 Å². The number of benzene rings is 1. The second kappa shape index (κ2) is 8.55. The van der Waals surface area contributed by atoms with Crippen LogP contribution in [0.25, 0.3) is 17.0 Å². The van der Waals surface area contributed by atoms with E-state index in [0.29, 0.717) is 31.9 Å². The Morgan fingerprint density at radius 1 is 1.13 bits per heavy atom. The number of carbonyl (C=O) groups is 3. The van der Waals surface area contributed by atoms with E-state index in [9.17, 15) is 34.8 Å². The maximum Gasteiger partial charge on any atom is 0.255 e. The lowest BCUT2D eigenvalue weighted by molar-refractivity contribution is -0.157. The molecule has 1 amide bonds. The third-order valence-corrected chi connectivity index (χ3v) is 8.38. The molecule has 11 nitrogen and oxygen atoms in total. The molecule has 4 atom stereocenters. The Hall–Kier alpha value is -3.93. The number of amides is 1. The topological polar surface area (TPSA) is 186 Å². The molecule has 0 bridgehead atoms. The highest BCUT2D eigenvalue weighted by atomic mass is 16.5. The first-order valence-electron chi connectivity index (χ1n) is 12.4. The van der Waals surface area contributed by atoms with Gasteiger partial charge in [0.1, 0.15) is 22.8 Å². The molecule has 2 aromatic rings. The Morgan fingerprint density at radius 2 is 1.87 bits per heavy atom. The summed E-state index contributed by atoms with van der Waals surface area (Å²) in [5.41, 5.74) is 3.94. The summed E-state index contributed by atoms with van der Waals surface area (Å²) in [6.07, 6.45) is 2.02. The fraction of sp³-hybridized carbons (Fsp3) is 0.370. The summed E-state index contributed by atoms with van der Waals surface area (Å²) in [5, 5.41) is 44.9. The lowest BCUT2D eigenvalue weighted by Gasteiger charge is -2.51. The summed E-state index contributed by atoms with van der Waals surface area (Å²) < 4.78 is 5.40. The molecule has 3 aliphatic carbocycles. The summed E-state index contributed by atoms with van der Waals surface area (Å²) in [4.78, 5) is 44.7. The van der Waals surface area contributed by atoms with Gasteiger partial charge in [-0.15, -0.1) is 0 Å². The average molecular weight is 522 g/mol. The van der Waals surface area contributed by atoms with Crippen LogP contribution in [-0.4, -0.2) is 85.7 Å². The SMILES string of the molecule is NC(=O)C1=C(O)[C@@]2(O)C(=O)C3=C(O)c4c(O)ccc(-c5ccc[nH]5)c4C[C@H]3C[C@H]2[C@H](N2CCOCC2)C1=O. The Bertz CT molecular complexity index is 1440. The van der Waals surface area contributed by atoms with Gasteiger partial charge in [-0.25, -0.2) is 0 Å². The summed E-state index contributed by atoms with van der Waals surface area (Å²) >= 11 is 0. The molecule has 198 valence electrons. The van der Waals surface area contributed by atoms with Gasteiger partial charge in [-0.1, -0.05) is 0 Å². The number of nitrogens with two attached hydrogens (primary N) is 1. The van der Waals surface area contributed by atoms with Gasteiger partial charge in [0.2, 0.25) is 5.78 Å². The number of hydrogen-bond donors (Lipinski definition) is 6. The van der Waals surface area contributed by atoms with Crippen molar-refractivity contribution in [1.29, 1.82) is 0 Å². The van der Waals surface area contributed by atoms with E-state index in [2.05, 4.69) is 4.98 Å². The van der Waals surface area contributed by atoms with Crippen LogP contribution < -0.4 is 5.73 Å². The summed E-state index contributed by atoms with van der Waals surface area (Å²) in [6, 6.07) is 5.68. The minimum atomic E-state index is -2.66. The number of H-pyrrole nitrogens is 1. The molecule has 2 fully saturated rings. The molecular formula is C27H27N3O8. The fourth-order valence-electron chi connectivity index (χ4n) is 6.68. The Morgan fingerprint density at radius 3 is 2.53 bits per heavy atom. The molecule has 38 heavy (non-hydrogen) atoms. The molecule has 6 rings (SSSR count). The summed E-state index contributed by atoms with van der Waals surface area (Å²) in [6.45, 7) is 1.25. The van der Waals surface area contributed by atoms with Gasteiger partial charge in [0.25, 0.3) is 5.91 Å². The maximum absolute atomic E-state index is 14.0. The molecule has 1 saturated heterocycles. The van der Waals surface area contributed by atoms with Crippen LogP contribution in [0.5, 0.6) is 5.75 Å². The van der Waals surface area contributed by atoms with Crippen LogP contribution in [0.1, 0.15) is 17.5 Å². The zero-order chi connectivity index (χ0) is 26.9. The highest BCUT2D eigenvalue weighted by molar-refractivity contribution is 6.24. The molecule has 1 aromatic heterocycles. The number of phenols is 1. The Kier molecular flexibility index (Phi) is 5.49. The molecule has 1 aromatic carbocycles. The zero-order valence-corrected chi connectivity index (χ0v) is 20.3. The highest BCUT2D eigenvalue weighted by Crippen LogP contribution is 2.53. The number of rotatable bonds is 3. The zero-order valence-electron chi connectivity index (χ0n) is 20.3. The van der Waals surface area contributed by atoms with Gasteiger partial charge < -0.3 is 35.9 Å². The third-order valence-electron chi connectivity index (χ3n) is 8.38. The number of aliphatic hydroxyl groups is 3. The molecule has 7 N–H and O–H groups in total. The fourth-order valence-corrected chi connectivity index (χ4v) is 6.68. The number of nitrogens with one attached hydrogen (secondary N) is 1. The van der Waals surface area contributed by atoms with Gasteiger partial charge in [-0.05, 0) is 48.6 Å². The van der Waals surface area contributed by atoms with Gasteiger partial charge in [0.15, 0.2) is 11.4 Å². The molecular weight excluding hydrogens is 494 g/mol. The van der Waals surface area contributed by atoms with Crippen LogP contribution in [0.2, 0.25) is 0 Å². The number of aromatic nitrogens is 1. The van der Waals surface area contributed by atoms with Crippen molar-refractivity contribution in [3.05, 3.63) is 58.5 Å². The maximum atomic E-state index is 14.0. The number of hydrogen-bond acceptors (Lipinski definition) is 9. The lowest BCUT2D eigenvalue weighted by atomic mass is 9.57. The van der Waals surface area contributed by atoms with Crippen LogP contribution >= 0.6 is 0 Å². The van der Waals surface area contributed by atoms with Crippen molar-refractivity contribution in [2.75, 3.05) is 26.3 Å². The van der Waals surface area contributed by atoms with Gasteiger partial charge in [0, 0.05) is 42.0 Å². The quantitative estimate of drug-likeness (QED) is 0.317. The molecule has 2 heterocycles. The number of aliphatic hydroxyl groups excluding tert-OH is 2. The highest BCUT2D eigenvalue weighted by Gasteiger charge is 2.64. The summed E-state index contributed by atoms with van der Waals surface area (Å²) in [5.74, 6) is -6.62. The smallest absolute Gasteiger partial charge is 0.255 e. The number of aromatic amines is 1. The van der Waals surface area contributed by atoms with E-state index >= 15 is 0 Å². The predicted molar refractivity (Wildman–Crippen MR) is 133 cm³/mol. The number of primary amides is 1. The number of ether oxygens (including phenoxy) is 1. The van der Waals surface area contributed by atoms with Gasteiger partial charge in [-0.3, -0.25) is 19.3 Å². The molecule has 0 spiro atoms. The lowest BCUT2D eigenvalue weighted by Crippen LogP contribution is -2.67. The number of morpholine rings is 1. The predicted octanol–water partition coefficient (Wildman–Crippen LogP) is 0.730. The first-order valence-corrected chi connectivity index (χ1v) is 12.4. The van der Waals surface area contributed by atoms with E-state index in [1.165, 1.54) is 6.07 Å². The number of fused-ring (bicyclic) bond motifs is 3. The van der Waals surface area contributed by atoms with Gasteiger partial charge >= 0.3 is 0 Å². The van der Waals surface area contributed by atoms with Crippen LogP contribution in [0.3, 0.4) is 0 Å². The largest absolute Gasteiger partial charge is 0.508 e. The van der Waals surface area contributed by atoms with E-state index in [4.69, 9.17) is 10.5 Å². The Labute approximate surface area is 216 Å². The molecule has 1 aliphatic heterocycles. The molecule has 11 heteroatoms. The minimum Gasteiger partial charge on any atom is -0.508 e.